The smallest absolute Gasteiger partial charge is 0.159 e. The lowest BCUT2D eigenvalue weighted by Crippen LogP contribution is -2.13. The molecule has 14 rings (SSSR count). The Morgan fingerprint density at radius 1 is 0.338 bits per heavy atom. The summed E-state index contributed by atoms with van der Waals surface area (Å²) in [4.78, 5) is 5.05. The van der Waals surface area contributed by atoms with Crippen molar-refractivity contribution in [3.8, 4) is 0 Å². The van der Waals surface area contributed by atoms with Crippen LogP contribution in [0.4, 0.5) is 34.1 Å². The molecule has 2 aromatic heterocycles. The summed E-state index contributed by atoms with van der Waals surface area (Å²) in [6, 6.07) is 64.0. The third-order valence-corrected chi connectivity index (χ3v) is 17.1. The highest BCUT2D eigenvalue weighted by Gasteiger charge is 2.32. The summed E-state index contributed by atoms with van der Waals surface area (Å²) >= 11 is 0. The molecular formula is C70H64N2O2. The molecule has 366 valence electrons. The normalized spacial score (nSPS) is 15.2. The van der Waals surface area contributed by atoms with Crippen molar-refractivity contribution in [2.75, 3.05) is 9.80 Å². The summed E-state index contributed by atoms with van der Waals surface area (Å²) in [5, 5.41) is 12.6. The van der Waals surface area contributed by atoms with Gasteiger partial charge in [0.1, 0.15) is 11.2 Å². The molecule has 0 saturated heterocycles. The van der Waals surface area contributed by atoms with E-state index in [4.69, 9.17) is 8.83 Å². The van der Waals surface area contributed by atoms with Crippen LogP contribution in [-0.4, -0.2) is 0 Å². The molecular weight excluding hydrogens is 901 g/mol. The molecule has 74 heavy (non-hydrogen) atoms. The van der Waals surface area contributed by atoms with Crippen molar-refractivity contribution >= 4 is 110 Å². The van der Waals surface area contributed by atoms with E-state index < -0.39 is 0 Å². The van der Waals surface area contributed by atoms with E-state index >= 15 is 0 Å². The summed E-state index contributed by atoms with van der Waals surface area (Å²) < 4.78 is 14.5. The van der Waals surface area contributed by atoms with Crippen LogP contribution in [0.5, 0.6) is 0 Å². The largest absolute Gasteiger partial charge is 0.454 e. The minimum atomic E-state index is -0.0877. The third kappa shape index (κ3) is 7.00. The highest BCUT2D eigenvalue weighted by atomic mass is 16.3. The van der Waals surface area contributed by atoms with E-state index in [0.717, 1.165) is 66.6 Å². The van der Waals surface area contributed by atoms with Crippen molar-refractivity contribution in [3.05, 3.63) is 192 Å². The van der Waals surface area contributed by atoms with E-state index in [0.29, 0.717) is 11.8 Å². The topological polar surface area (TPSA) is 32.8 Å². The average Bonchev–Trinajstić information content (AvgIpc) is 4.28. The molecule has 12 aromatic rings. The number of hydrogen-bond donors (Lipinski definition) is 0. The van der Waals surface area contributed by atoms with E-state index in [-0.39, 0.29) is 10.8 Å². The molecule has 0 bridgehead atoms. The lowest BCUT2D eigenvalue weighted by atomic mass is 9.82. The van der Waals surface area contributed by atoms with Crippen molar-refractivity contribution in [1.82, 2.24) is 0 Å². The second-order valence-electron chi connectivity index (χ2n) is 23.7. The molecule has 0 radical (unpaired) electrons. The summed E-state index contributed by atoms with van der Waals surface area (Å²) in [7, 11) is 0. The van der Waals surface area contributed by atoms with Crippen LogP contribution in [0.25, 0.3) is 76.2 Å². The number of rotatable bonds is 8. The zero-order chi connectivity index (χ0) is 50.0. The zero-order valence-corrected chi connectivity index (χ0v) is 43.7. The molecule has 4 nitrogen and oxygen atoms in total. The van der Waals surface area contributed by atoms with Crippen LogP contribution in [0, 0.1) is 0 Å². The van der Waals surface area contributed by atoms with Gasteiger partial charge in [-0.1, -0.05) is 189 Å². The molecule has 2 aliphatic carbocycles. The van der Waals surface area contributed by atoms with Crippen molar-refractivity contribution in [2.45, 2.75) is 116 Å². The standard InChI is InChI=1S/C70H64N2O2/c1-69(2,3)57-33-17-29-49-51-31-19-35-59(67(51)73-65(49)57)71(45-25-9-7-10-26-45)61-41-55(43-21-13-14-22-43)47-38-40-54-62(42-56(44-23-15-16-24-44)48-37-39-53(61)63(47)64(48)54)72(46-27-11-8-12-28-46)60-36-20-32-52-50-30-18-34-58(70(4,5)6)66(50)74-68(52)60/h7-12,17-20,25-44H,13-16,21-24H2,1-6H3. The minimum absolute atomic E-state index is 0.0877. The molecule has 0 atom stereocenters. The van der Waals surface area contributed by atoms with Gasteiger partial charge in [-0.2, -0.15) is 0 Å². The third-order valence-electron chi connectivity index (χ3n) is 17.1. The molecule has 2 saturated carbocycles. The molecule has 0 aliphatic heterocycles. The fourth-order valence-electron chi connectivity index (χ4n) is 13.6. The number of para-hydroxylation sites is 6. The number of nitrogens with zero attached hydrogens (tertiary/aromatic N) is 2. The van der Waals surface area contributed by atoms with Crippen LogP contribution in [0.1, 0.15) is 127 Å². The first-order chi connectivity index (χ1) is 36.0. The lowest BCUT2D eigenvalue weighted by Gasteiger charge is -2.32. The number of benzene rings is 10. The zero-order valence-electron chi connectivity index (χ0n) is 43.7. The Kier molecular flexibility index (Phi) is 10.4. The summed E-state index contributed by atoms with van der Waals surface area (Å²) in [5.74, 6) is 0.927. The average molecular weight is 965 g/mol. The van der Waals surface area contributed by atoms with Gasteiger partial charge in [-0.25, -0.2) is 0 Å². The highest BCUT2D eigenvalue weighted by molar-refractivity contribution is 6.30. The molecule has 0 spiro atoms. The van der Waals surface area contributed by atoms with Crippen molar-refractivity contribution in [1.29, 1.82) is 0 Å². The number of anilines is 6. The second-order valence-corrected chi connectivity index (χ2v) is 23.7. The first-order valence-corrected chi connectivity index (χ1v) is 27.4. The van der Waals surface area contributed by atoms with E-state index in [1.807, 2.05) is 0 Å². The maximum Gasteiger partial charge on any atom is 0.159 e. The molecule has 0 unspecified atom stereocenters. The van der Waals surface area contributed by atoms with Crippen molar-refractivity contribution in [2.24, 2.45) is 0 Å². The number of furan rings is 2. The van der Waals surface area contributed by atoms with E-state index in [1.54, 1.807) is 0 Å². The number of fused-ring (bicyclic) bond motifs is 6. The first-order valence-electron chi connectivity index (χ1n) is 27.4. The molecule has 2 aliphatic rings. The minimum Gasteiger partial charge on any atom is -0.454 e. The Morgan fingerprint density at radius 2 is 0.689 bits per heavy atom. The van der Waals surface area contributed by atoms with Gasteiger partial charge in [-0.3, -0.25) is 0 Å². The van der Waals surface area contributed by atoms with Gasteiger partial charge in [-0.15, -0.1) is 0 Å². The summed E-state index contributed by atoms with van der Waals surface area (Å²) in [5.41, 5.74) is 15.7. The maximum absolute atomic E-state index is 7.24. The van der Waals surface area contributed by atoms with Gasteiger partial charge in [0.2, 0.25) is 0 Å². The Balaban J connectivity index is 1.10. The molecule has 0 N–H and O–H groups in total. The van der Waals surface area contributed by atoms with Gasteiger partial charge in [0, 0.05) is 54.8 Å². The Hall–Kier alpha value is -7.56. The van der Waals surface area contributed by atoms with Crippen LogP contribution in [-0.2, 0) is 10.8 Å². The quantitative estimate of drug-likeness (QED) is 0.142. The molecule has 2 heterocycles. The summed E-state index contributed by atoms with van der Waals surface area (Å²) in [6.45, 7) is 13.7. The van der Waals surface area contributed by atoms with Gasteiger partial charge >= 0.3 is 0 Å². The van der Waals surface area contributed by atoms with E-state index in [1.165, 1.54) is 117 Å². The molecule has 2 fully saturated rings. The fraction of sp³-hybridized carbons (Fsp3) is 0.257. The SMILES string of the molecule is CC(C)(C)c1cccc2c1oc1c(N(c3ccccc3)c3cc(C4CCCC4)c4ccc5c(N(c6ccccc6)c6cccc7c6oc6c(C(C)(C)C)cccc67)cc(C6CCCC6)c6ccc3c4c65)cccc12. The Morgan fingerprint density at radius 3 is 1.07 bits per heavy atom. The second kappa shape index (κ2) is 17.0. The van der Waals surface area contributed by atoms with Crippen molar-refractivity contribution in [3.63, 3.8) is 0 Å². The van der Waals surface area contributed by atoms with Crippen LogP contribution in [0.3, 0.4) is 0 Å². The van der Waals surface area contributed by atoms with Crippen LogP contribution >= 0.6 is 0 Å². The molecule has 10 aromatic carbocycles. The predicted molar refractivity (Wildman–Crippen MR) is 314 cm³/mol. The van der Waals surface area contributed by atoms with Crippen LogP contribution < -0.4 is 9.80 Å². The molecule has 4 heteroatoms. The molecule has 0 amide bonds. The summed E-state index contributed by atoms with van der Waals surface area (Å²) in [6.07, 6.45) is 9.81. The van der Waals surface area contributed by atoms with Crippen molar-refractivity contribution < 1.29 is 8.83 Å². The Labute approximate surface area is 434 Å². The lowest BCUT2D eigenvalue weighted by molar-refractivity contribution is 0.572. The van der Waals surface area contributed by atoms with E-state index in [2.05, 4.69) is 221 Å². The van der Waals surface area contributed by atoms with Gasteiger partial charge in [0.25, 0.3) is 0 Å². The first kappa shape index (κ1) is 45.1. The predicted octanol–water partition coefficient (Wildman–Crippen LogP) is 21.2. The highest BCUT2D eigenvalue weighted by Crippen LogP contribution is 2.55. The maximum atomic E-state index is 7.24. The van der Waals surface area contributed by atoms with Crippen LogP contribution in [0.15, 0.2) is 179 Å². The van der Waals surface area contributed by atoms with Gasteiger partial charge in [0.05, 0.1) is 22.7 Å². The fourth-order valence-corrected chi connectivity index (χ4v) is 13.6. The monoisotopic (exact) mass is 964 g/mol. The van der Waals surface area contributed by atoms with Gasteiger partial charge in [-0.05, 0) is 130 Å². The van der Waals surface area contributed by atoms with E-state index in [9.17, 15) is 0 Å². The van der Waals surface area contributed by atoms with Gasteiger partial charge in [0.15, 0.2) is 11.2 Å². The van der Waals surface area contributed by atoms with Crippen LogP contribution in [0.2, 0.25) is 0 Å². The number of hydrogen-bond acceptors (Lipinski definition) is 4. The van der Waals surface area contributed by atoms with Gasteiger partial charge < -0.3 is 18.6 Å². The Bertz CT molecular complexity index is 3850.